The zero-order chi connectivity index (χ0) is 30.3. The SMILES string of the molecule is CN(C)C(=O)c1c2c(c(O)c(=O)n1-c1ccc(S(=O)(=O)N3CCOCC3)cc1)C(=O)N(Cc1ccc(F)c(Cl)c1)CC2. The first kappa shape index (κ1) is 29.7. The number of aromatic nitrogens is 1. The largest absolute Gasteiger partial charge is 0.502 e. The molecule has 5 rings (SSSR count). The molecular weight excluding hydrogens is 591 g/mol. The molecule has 11 nitrogen and oxygen atoms in total. The lowest BCUT2D eigenvalue weighted by Gasteiger charge is -2.31. The number of pyridine rings is 1. The third-order valence-corrected chi connectivity index (χ3v) is 9.46. The van der Waals surface area contributed by atoms with Gasteiger partial charge in [0.2, 0.25) is 10.0 Å². The van der Waals surface area contributed by atoms with Crippen molar-refractivity contribution in [3.05, 3.63) is 86.0 Å². The maximum atomic E-state index is 13.6. The number of sulfonamides is 1. The van der Waals surface area contributed by atoms with Crippen molar-refractivity contribution in [3.8, 4) is 11.4 Å². The summed E-state index contributed by atoms with van der Waals surface area (Å²) in [7, 11) is -0.836. The van der Waals surface area contributed by atoms with E-state index in [2.05, 4.69) is 0 Å². The molecule has 2 amide bonds. The summed E-state index contributed by atoms with van der Waals surface area (Å²) < 4.78 is 47.3. The first-order valence-electron chi connectivity index (χ1n) is 13.1. The minimum absolute atomic E-state index is 0.00409. The summed E-state index contributed by atoms with van der Waals surface area (Å²) >= 11 is 5.88. The normalized spacial score (nSPS) is 15.9. The van der Waals surface area contributed by atoms with Crippen LogP contribution in [0.25, 0.3) is 5.69 Å². The molecule has 1 N–H and O–H groups in total. The van der Waals surface area contributed by atoms with Gasteiger partial charge < -0.3 is 19.6 Å². The zero-order valence-electron chi connectivity index (χ0n) is 22.8. The Morgan fingerprint density at radius 3 is 2.36 bits per heavy atom. The molecule has 0 radical (unpaired) electrons. The molecule has 1 aromatic heterocycles. The second-order valence-corrected chi connectivity index (χ2v) is 12.5. The predicted octanol–water partition coefficient (Wildman–Crippen LogP) is 2.26. The van der Waals surface area contributed by atoms with Gasteiger partial charge in [-0.05, 0) is 48.4 Å². The fourth-order valence-electron chi connectivity index (χ4n) is 5.09. The van der Waals surface area contributed by atoms with E-state index in [0.717, 1.165) is 4.57 Å². The first-order valence-corrected chi connectivity index (χ1v) is 14.9. The minimum atomic E-state index is -3.82. The molecule has 0 bridgehead atoms. The van der Waals surface area contributed by atoms with E-state index in [1.807, 2.05) is 0 Å². The van der Waals surface area contributed by atoms with Crippen LogP contribution in [0.1, 0.15) is 32.0 Å². The van der Waals surface area contributed by atoms with Crippen LogP contribution in [0, 0.1) is 5.82 Å². The topological polar surface area (TPSA) is 129 Å². The van der Waals surface area contributed by atoms with Crippen LogP contribution in [0.5, 0.6) is 5.75 Å². The molecule has 2 aromatic carbocycles. The Hall–Kier alpha value is -3.78. The molecule has 2 aliphatic heterocycles. The average molecular weight is 619 g/mol. The number of hydrogen-bond acceptors (Lipinski definition) is 7. The molecular formula is C28H28ClFN4O7S. The highest BCUT2D eigenvalue weighted by atomic mass is 35.5. The summed E-state index contributed by atoms with van der Waals surface area (Å²) in [5, 5.41) is 10.9. The summed E-state index contributed by atoms with van der Waals surface area (Å²) in [6, 6.07) is 9.46. The number of nitrogens with zero attached hydrogens (tertiary/aromatic N) is 4. The lowest BCUT2D eigenvalue weighted by molar-refractivity contribution is 0.0720. The van der Waals surface area contributed by atoms with E-state index in [-0.39, 0.29) is 78.2 Å². The molecule has 1 fully saturated rings. The van der Waals surface area contributed by atoms with Gasteiger partial charge in [-0.15, -0.1) is 0 Å². The summed E-state index contributed by atoms with van der Waals surface area (Å²) in [5.41, 5.74) is -0.536. The monoisotopic (exact) mass is 618 g/mol. The number of hydrogen-bond donors (Lipinski definition) is 1. The van der Waals surface area contributed by atoms with Crippen molar-refractivity contribution in [2.45, 2.75) is 17.9 Å². The third kappa shape index (κ3) is 5.28. The fraction of sp³-hybridized carbons (Fsp3) is 0.321. The number of benzene rings is 2. The number of ether oxygens (including phenoxy) is 1. The van der Waals surface area contributed by atoms with E-state index >= 15 is 0 Å². The Labute approximate surface area is 246 Å². The Bertz CT molecular complexity index is 1740. The molecule has 14 heteroatoms. The number of carbonyl (C=O) groups is 2. The van der Waals surface area contributed by atoms with Crippen LogP contribution < -0.4 is 5.56 Å². The van der Waals surface area contributed by atoms with Gasteiger partial charge in [0.25, 0.3) is 17.4 Å². The number of fused-ring (bicyclic) bond motifs is 1. The number of rotatable bonds is 6. The van der Waals surface area contributed by atoms with E-state index in [1.54, 1.807) is 0 Å². The van der Waals surface area contributed by atoms with Crippen LogP contribution in [-0.4, -0.2) is 91.0 Å². The van der Waals surface area contributed by atoms with Gasteiger partial charge in [-0.3, -0.25) is 19.0 Å². The van der Waals surface area contributed by atoms with Crippen molar-refractivity contribution in [2.24, 2.45) is 0 Å². The molecule has 0 aliphatic carbocycles. The Morgan fingerprint density at radius 2 is 1.74 bits per heavy atom. The molecule has 0 spiro atoms. The van der Waals surface area contributed by atoms with E-state index in [1.165, 1.54) is 70.7 Å². The van der Waals surface area contributed by atoms with Crippen LogP contribution in [0.4, 0.5) is 4.39 Å². The summed E-state index contributed by atoms with van der Waals surface area (Å²) in [5.74, 6) is -2.69. The van der Waals surface area contributed by atoms with Crippen LogP contribution >= 0.6 is 11.6 Å². The minimum Gasteiger partial charge on any atom is -0.502 e. The molecule has 0 atom stereocenters. The van der Waals surface area contributed by atoms with Crippen molar-refractivity contribution < 1.29 is 32.2 Å². The van der Waals surface area contributed by atoms with Gasteiger partial charge in [0.15, 0.2) is 5.75 Å². The van der Waals surface area contributed by atoms with Crippen LogP contribution in [0.2, 0.25) is 5.02 Å². The van der Waals surface area contributed by atoms with E-state index in [4.69, 9.17) is 16.3 Å². The highest BCUT2D eigenvalue weighted by molar-refractivity contribution is 7.89. The van der Waals surface area contributed by atoms with Crippen molar-refractivity contribution in [1.29, 1.82) is 0 Å². The van der Waals surface area contributed by atoms with Crippen LogP contribution in [-0.2, 0) is 27.7 Å². The van der Waals surface area contributed by atoms with Crippen molar-refractivity contribution in [1.82, 2.24) is 18.7 Å². The predicted molar refractivity (Wildman–Crippen MR) is 151 cm³/mol. The smallest absolute Gasteiger partial charge is 0.298 e. The van der Waals surface area contributed by atoms with Gasteiger partial charge >= 0.3 is 0 Å². The number of morpholine rings is 1. The Morgan fingerprint density at radius 1 is 1.07 bits per heavy atom. The van der Waals surface area contributed by atoms with Crippen molar-refractivity contribution in [3.63, 3.8) is 0 Å². The van der Waals surface area contributed by atoms with E-state index in [0.29, 0.717) is 5.56 Å². The molecule has 3 aromatic rings. The average Bonchev–Trinajstić information content (AvgIpc) is 2.98. The number of aromatic hydroxyl groups is 1. The quantitative estimate of drug-likeness (QED) is 0.449. The zero-order valence-corrected chi connectivity index (χ0v) is 24.4. The summed E-state index contributed by atoms with van der Waals surface area (Å²) in [6.45, 7) is 1.17. The highest BCUT2D eigenvalue weighted by Gasteiger charge is 2.36. The molecule has 222 valence electrons. The molecule has 0 saturated carbocycles. The Balaban J connectivity index is 1.57. The van der Waals surface area contributed by atoms with E-state index < -0.39 is 39.0 Å². The maximum Gasteiger partial charge on any atom is 0.298 e. The standard InChI is InChI=1S/C28H28ClFN4O7S/c1-31(2)27(37)24-20-9-10-32(16-17-3-8-22(30)21(29)15-17)26(36)23(20)25(35)28(38)34(24)18-4-6-19(7-5-18)42(39,40)33-11-13-41-14-12-33/h3-8,15,35H,9-14,16H2,1-2H3. The first-order chi connectivity index (χ1) is 19.9. The lowest BCUT2D eigenvalue weighted by atomic mass is 9.95. The van der Waals surface area contributed by atoms with Gasteiger partial charge in [-0.1, -0.05) is 17.7 Å². The van der Waals surface area contributed by atoms with Gasteiger partial charge in [0.05, 0.1) is 28.7 Å². The number of amides is 2. The van der Waals surface area contributed by atoms with Gasteiger partial charge in [0.1, 0.15) is 11.5 Å². The van der Waals surface area contributed by atoms with E-state index in [9.17, 15) is 32.3 Å². The fourth-order valence-corrected chi connectivity index (χ4v) is 6.70. The van der Waals surface area contributed by atoms with Crippen molar-refractivity contribution in [2.75, 3.05) is 46.9 Å². The second-order valence-electron chi connectivity index (χ2n) is 10.1. The lowest BCUT2D eigenvalue weighted by Crippen LogP contribution is -2.42. The number of halogens is 2. The second kappa shape index (κ2) is 11.5. The molecule has 2 aliphatic rings. The van der Waals surface area contributed by atoms with Gasteiger partial charge in [-0.2, -0.15) is 4.31 Å². The molecule has 1 saturated heterocycles. The van der Waals surface area contributed by atoms with Crippen LogP contribution in [0.15, 0.2) is 52.2 Å². The van der Waals surface area contributed by atoms with Gasteiger partial charge in [0, 0.05) is 51.5 Å². The highest BCUT2D eigenvalue weighted by Crippen LogP contribution is 2.31. The third-order valence-electron chi connectivity index (χ3n) is 7.26. The maximum absolute atomic E-state index is 13.6. The van der Waals surface area contributed by atoms with Crippen LogP contribution in [0.3, 0.4) is 0 Å². The molecule has 42 heavy (non-hydrogen) atoms. The summed E-state index contributed by atoms with van der Waals surface area (Å²) in [4.78, 5) is 43.2. The van der Waals surface area contributed by atoms with Gasteiger partial charge in [-0.25, -0.2) is 12.8 Å². The van der Waals surface area contributed by atoms with Crippen molar-refractivity contribution >= 4 is 33.4 Å². The molecule has 3 heterocycles. The summed E-state index contributed by atoms with van der Waals surface area (Å²) in [6.07, 6.45) is 0.127. The Kier molecular flexibility index (Phi) is 8.12. The molecule has 0 unspecified atom stereocenters. The number of carbonyl (C=O) groups excluding carboxylic acids is 2.